The predicted molar refractivity (Wildman–Crippen MR) is 53.4 cm³/mol. The number of alkyl halides is 3. The first-order valence-electron chi connectivity index (χ1n) is 5.12. The van der Waals surface area contributed by atoms with Crippen molar-refractivity contribution in [2.24, 2.45) is 7.05 Å². The molecule has 0 amide bonds. The highest BCUT2D eigenvalue weighted by Gasteiger charge is 2.38. The van der Waals surface area contributed by atoms with Crippen LogP contribution in [0.1, 0.15) is 28.9 Å². The third-order valence-electron chi connectivity index (χ3n) is 3.17. The number of rotatable bonds is 0. The molecular formula is C11H12F3NO. The van der Waals surface area contributed by atoms with Crippen LogP contribution in [-0.2, 0) is 26.1 Å². The van der Waals surface area contributed by atoms with Gasteiger partial charge in [-0.25, -0.2) is 0 Å². The second kappa shape index (κ2) is 3.37. The Morgan fingerprint density at radius 3 is 2.44 bits per heavy atom. The van der Waals surface area contributed by atoms with Crippen molar-refractivity contribution in [1.29, 1.82) is 0 Å². The van der Waals surface area contributed by atoms with Crippen molar-refractivity contribution < 1.29 is 13.2 Å². The fraction of sp³-hybridized carbons (Fsp3) is 0.545. The lowest BCUT2D eigenvalue weighted by atomic mass is 10.1. The SMILES string of the molecule is Cc1c(C(F)(F)F)n(C)c2c(c1=O)CCC2. The highest BCUT2D eigenvalue weighted by molar-refractivity contribution is 5.35. The van der Waals surface area contributed by atoms with Crippen LogP contribution in [0.2, 0.25) is 0 Å². The highest BCUT2D eigenvalue weighted by atomic mass is 19.4. The van der Waals surface area contributed by atoms with Gasteiger partial charge in [0.25, 0.3) is 0 Å². The molecule has 0 N–H and O–H groups in total. The maximum absolute atomic E-state index is 12.8. The van der Waals surface area contributed by atoms with E-state index in [1.54, 1.807) is 0 Å². The fourth-order valence-corrected chi connectivity index (χ4v) is 2.47. The van der Waals surface area contributed by atoms with Gasteiger partial charge < -0.3 is 4.57 Å². The minimum absolute atomic E-state index is 0.185. The molecule has 0 radical (unpaired) electrons. The number of hydrogen-bond acceptors (Lipinski definition) is 1. The van der Waals surface area contributed by atoms with E-state index in [4.69, 9.17) is 0 Å². The first kappa shape index (κ1) is 11.2. The smallest absolute Gasteiger partial charge is 0.343 e. The molecule has 0 fully saturated rings. The van der Waals surface area contributed by atoms with Gasteiger partial charge >= 0.3 is 6.18 Å². The van der Waals surface area contributed by atoms with E-state index in [0.717, 1.165) is 11.0 Å². The molecule has 0 aromatic carbocycles. The summed E-state index contributed by atoms with van der Waals surface area (Å²) in [7, 11) is 1.39. The number of hydrogen-bond donors (Lipinski definition) is 0. The lowest BCUT2D eigenvalue weighted by Gasteiger charge is -2.18. The van der Waals surface area contributed by atoms with Gasteiger partial charge in [0.1, 0.15) is 5.69 Å². The normalized spacial score (nSPS) is 15.3. The molecule has 0 unspecified atom stereocenters. The van der Waals surface area contributed by atoms with E-state index < -0.39 is 17.3 Å². The molecule has 0 saturated carbocycles. The van der Waals surface area contributed by atoms with E-state index in [1.165, 1.54) is 14.0 Å². The number of halogens is 3. The molecule has 0 aliphatic heterocycles. The lowest BCUT2D eigenvalue weighted by molar-refractivity contribution is -0.144. The van der Waals surface area contributed by atoms with E-state index in [0.29, 0.717) is 24.1 Å². The average Bonchev–Trinajstić information content (AvgIpc) is 2.61. The second-order valence-electron chi connectivity index (χ2n) is 4.14. The van der Waals surface area contributed by atoms with Crippen molar-refractivity contribution in [1.82, 2.24) is 4.57 Å². The molecule has 0 spiro atoms. The molecule has 88 valence electrons. The fourth-order valence-electron chi connectivity index (χ4n) is 2.47. The number of aromatic nitrogens is 1. The minimum Gasteiger partial charge on any atom is -0.343 e. The Kier molecular flexibility index (Phi) is 2.36. The van der Waals surface area contributed by atoms with Crippen LogP contribution >= 0.6 is 0 Å². The molecule has 2 nitrogen and oxygen atoms in total. The summed E-state index contributed by atoms with van der Waals surface area (Å²) in [6.07, 6.45) is -2.54. The summed E-state index contributed by atoms with van der Waals surface area (Å²) >= 11 is 0. The van der Waals surface area contributed by atoms with E-state index in [9.17, 15) is 18.0 Å². The van der Waals surface area contributed by atoms with E-state index in [1.807, 2.05) is 0 Å². The maximum Gasteiger partial charge on any atom is 0.431 e. The van der Waals surface area contributed by atoms with Crippen molar-refractivity contribution in [2.75, 3.05) is 0 Å². The minimum atomic E-state index is -4.46. The van der Waals surface area contributed by atoms with Crippen LogP contribution in [-0.4, -0.2) is 4.57 Å². The van der Waals surface area contributed by atoms with Crippen molar-refractivity contribution in [3.8, 4) is 0 Å². The molecule has 1 heterocycles. The Hall–Kier alpha value is -1.26. The molecule has 1 aliphatic rings. The summed E-state index contributed by atoms with van der Waals surface area (Å²) in [5, 5.41) is 0. The molecule has 0 saturated heterocycles. The number of pyridine rings is 1. The van der Waals surface area contributed by atoms with Gasteiger partial charge in [0.05, 0.1) is 0 Å². The summed E-state index contributed by atoms with van der Waals surface area (Å²) in [5.74, 6) is 0. The molecule has 1 aromatic rings. The molecule has 2 rings (SSSR count). The summed E-state index contributed by atoms with van der Waals surface area (Å²) in [5.41, 5.74) is -0.317. The Balaban J connectivity index is 2.83. The van der Waals surface area contributed by atoms with Crippen molar-refractivity contribution >= 4 is 0 Å². The Labute approximate surface area is 90.7 Å². The van der Waals surface area contributed by atoms with Gasteiger partial charge in [-0.3, -0.25) is 4.79 Å². The molecule has 16 heavy (non-hydrogen) atoms. The molecule has 1 aliphatic carbocycles. The zero-order valence-electron chi connectivity index (χ0n) is 9.11. The van der Waals surface area contributed by atoms with Gasteiger partial charge in [0.15, 0.2) is 5.43 Å². The first-order chi connectivity index (χ1) is 7.34. The lowest BCUT2D eigenvalue weighted by Crippen LogP contribution is -2.26. The van der Waals surface area contributed by atoms with E-state index in [-0.39, 0.29) is 5.56 Å². The first-order valence-corrected chi connectivity index (χ1v) is 5.12. The van der Waals surface area contributed by atoms with Gasteiger partial charge in [-0.05, 0) is 26.2 Å². The van der Waals surface area contributed by atoms with Crippen LogP contribution in [0.5, 0.6) is 0 Å². The van der Waals surface area contributed by atoms with Crippen molar-refractivity contribution in [2.45, 2.75) is 32.4 Å². The summed E-state index contributed by atoms with van der Waals surface area (Å²) in [6.45, 7) is 1.25. The molecule has 5 heteroatoms. The number of nitrogens with zero attached hydrogens (tertiary/aromatic N) is 1. The Morgan fingerprint density at radius 2 is 1.88 bits per heavy atom. The Bertz CT molecular complexity index is 499. The van der Waals surface area contributed by atoms with Crippen LogP contribution < -0.4 is 5.43 Å². The summed E-state index contributed by atoms with van der Waals surface area (Å²) < 4.78 is 39.5. The topological polar surface area (TPSA) is 22.0 Å². The molecular weight excluding hydrogens is 219 g/mol. The molecule has 0 bridgehead atoms. The third kappa shape index (κ3) is 1.45. The monoisotopic (exact) mass is 231 g/mol. The van der Waals surface area contributed by atoms with Crippen LogP contribution in [0.3, 0.4) is 0 Å². The van der Waals surface area contributed by atoms with Gasteiger partial charge in [-0.1, -0.05) is 0 Å². The molecule has 1 aromatic heterocycles. The second-order valence-corrected chi connectivity index (χ2v) is 4.14. The summed E-state index contributed by atoms with van der Waals surface area (Å²) in [6, 6.07) is 0. The average molecular weight is 231 g/mol. The summed E-state index contributed by atoms with van der Waals surface area (Å²) in [4.78, 5) is 11.8. The van der Waals surface area contributed by atoms with Gasteiger partial charge in [0, 0.05) is 23.9 Å². The van der Waals surface area contributed by atoms with Crippen LogP contribution in [0.25, 0.3) is 0 Å². The number of fused-ring (bicyclic) bond motifs is 1. The zero-order valence-corrected chi connectivity index (χ0v) is 9.11. The van der Waals surface area contributed by atoms with Crippen molar-refractivity contribution in [3.63, 3.8) is 0 Å². The van der Waals surface area contributed by atoms with Crippen molar-refractivity contribution in [3.05, 3.63) is 32.7 Å². The highest BCUT2D eigenvalue weighted by Crippen LogP contribution is 2.33. The molecule has 0 atom stereocenters. The maximum atomic E-state index is 12.8. The predicted octanol–water partition coefficient (Wildman–Crippen LogP) is 2.20. The Morgan fingerprint density at radius 1 is 1.25 bits per heavy atom. The van der Waals surface area contributed by atoms with Crippen LogP contribution in [0, 0.1) is 6.92 Å². The quantitative estimate of drug-likeness (QED) is 0.671. The van der Waals surface area contributed by atoms with Gasteiger partial charge in [-0.15, -0.1) is 0 Å². The van der Waals surface area contributed by atoms with Crippen LogP contribution in [0.15, 0.2) is 4.79 Å². The van der Waals surface area contributed by atoms with Gasteiger partial charge in [0.2, 0.25) is 0 Å². The largest absolute Gasteiger partial charge is 0.431 e. The zero-order chi connectivity index (χ0) is 12.1. The van der Waals surface area contributed by atoms with E-state index >= 15 is 0 Å². The van der Waals surface area contributed by atoms with E-state index in [2.05, 4.69) is 0 Å². The van der Waals surface area contributed by atoms with Gasteiger partial charge in [-0.2, -0.15) is 13.2 Å². The third-order valence-corrected chi connectivity index (χ3v) is 3.17. The van der Waals surface area contributed by atoms with Crippen LogP contribution in [0.4, 0.5) is 13.2 Å². The standard InChI is InChI=1S/C11H12F3NO/c1-6-9(16)7-4-3-5-8(7)15(2)10(6)11(12,13)14/h3-5H2,1-2H3.